The number of pyridine rings is 1. The Bertz CT molecular complexity index is 998. The third-order valence-electron chi connectivity index (χ3n) is 3.63. The lowest BCUT2D eigenvalue weighted by Gasteiger charge is -2.11. The van der Waals surface area contributed by atoms with Crippen molar-refractivity contribution in [1.29, 1.82) is 0 Å². The summed E-state index contributed by atoms with van der Waals surface area (Å²) in [5, 5.41) is 13.7. The molecule has 1 aromatic heterocycles. The molecule has 0 spiro atoms. The Morgan fingerprint density at radius 1 is 1.09 bits per heavy atom. The molecule has 0 saturated carbocycles. The predicted octanol–water partition coefficient (Wildman–Crippen LogP) is 3.40. The molecule has 0 atom stereocenters. The third-order valence-corrected chi connectivity index (χ3v) is 4.74. The number of phenolic OH excluding ortho intramolecular Hbond substituents is 1. The Labute approximate surface area is 134 Å². The van der Waals surface area contributed by atoms with E-state index in [4.69, 9.17) is 0 Å². The van der Waals surface area contributed by atoms with Gasteiger partial charge in [0.2, 0.25) is 0 Å². The van der Waals surface area contributed by atoms with Crippen molar-refractivity contribution in [2.45, 2.75) is 11.8 Å². The van der Waals surface area contributed by atoms with Crippen molar-refractivity contribution in [3.63, 3.8) is 0 Å². The molecule has 5 nitrogen and oxygen atoms in total. The van der Waals surface area contributed by atoms with Gasteiger partial charge in [-0.05, 0) is 42.8 Å². The highest BCUT2D eigenvalue weighted by Crippen LogP contribution is 2.29. The van der Waals surface area contributed by atoms with E-state index in [2.05, 4.69) is 10.3 Å². The average molecular weight is 328 g/mol. The van der Waals surface area contributed by atoms with E-state index in [9.17, 15) is 13.5 Å². The molecular weight excluding hydrogens is 312 g/mol. The normalized spacial score (nSPS) is 11.6. The van der Waals surface area contributed by atoms with Crippen LogP contribution in [-0.4, -0.2) is 24.8 Å². The van der Waals surface area contributed by atoms with Crippen LogP contribution in [0.4, 0.5) is 11.4 Å². The van der Waals surface area contributed by atoms with Crippen molar-refractivity contribution in [2.24, 2.45) is 0 Å². The van der Waals surface area contributed by atoms with E-state index in [1.807, 2.05) is 19.1 Å². The van der Waals surface area contributed by atoms with Crippen LogP contribution < -0.4 is 5.32 Å². The minimum absolute atomic E-state index is 0.199. The van der Waals surface area contributed by atoms with Gasteiger partial charge in [0, 0.05) is 35.3 Å². The van der Waals surface area contributed by atoms with Gasteiger partial charge in [-0.25, -0.2) is 8.42 Å². The van der Waals surface area contributed by atoms with Crippen LogP contribution in [-0.2, 0) is 9.84 Å². The molecule has 6 heteroatoms. The predicted molar refractivity (Wildman–Crippen MR) is 91.0 cm³/mol. The number of aromatic hydroxyl groups is 1. The fraction of sp³-hybridized carbons (Fsp3) is 0.118. The summed E-state index contributed by atoms with van der Waals surface area (Å²) in [5.74, 6) is 0.199. The molecular formula is C17H16N2O3S. The zero-order chi connectivity index (χ0) is 16.6. The minimum atomic E-state index is -3.29. The number of phenols is 1. The second kappa shape index (κ2) is 5.55. The highest BCUT2D eigenvalue weighted by molar-refractivity contribution is 7.90. The number of nitrogens with one attached hydrogen (secondary N) is 1. The summed E-state index contributed by atoms with van der Waals surface area (Å²) in [6.45, 7) is 1.82. The Morgan fingerprint density at radius 3 is 2.57 bits per heavy atom. The van der Waals surface area contributed by atoms with Crippen molar-refractivity contribution in [2.75, 3.05) is 11.6 Å². The van der Waals surface area contributed by atoms with Gasteiger partial charge < -0.3 is 10.4 Å². The monoisotopic (exact) mass is 328 g/mol. The second-order valence-corrected chi connectivity index (χ2v) is 7.45. The van der Waals surface area contributed by atoms with E-state index in [1.54, 1.807) is 36.5 Å². The number of aryl methyl sites for hydroxylation is 1. The molecule has 23 heavy (non-hydrogen) atoms. The van der Waals surface area contributed by atoms with Crippen LogP contribution in [0, 0.1) is 6.92 Å². The van der Waals surface area contributed by atoms with Crippen LogP contribution in [0.2, 0.25) is 0 Å². The molecule has 0 unspecified atom stereocenters. The first kappa shape index (κ1) is 15.3. The Kier molecular flexibility index (Phi) is 3.69. The summed E-state index contributed by atoms with van der Waals surface area (Å²) >= 11 is 0. The van der Waals surface area contributed by atoms with Crippen LogP contribution >= 0.6 is 0 Å². The largest absolute Gasteiger partial charge is 0.508 e. The smallest absolute Gasteiger partial charge is 0.175 e. The summed E-state index contributed by atoms with van der Waals surface area (Å²) in [4.78, 5) is 4.50. The Morgan fingerprint density at radius 2 is 1.87 bits per heavy atom. The standard InChI is InChI=1S/C17H16N2O3S/c1-11-3-4-12(9-17(11)20)19-16-7-8-18-15-6-5-13(10-14(15)16)23(2,21)22/h3-10,20H,1-2H3,(H,18,19). The van der Waals surface area contributed by atoms with Crippen LogP contribution in [0.15, 0.2) is 53.6 Å². The molecule has 0 aliphatic heterocycles. The number of fused-ring (bicyclic) bond motifs is 1. The topological polar surface area (TPSA) is 79.3 Å². The number of sulfone groups is 1. The van der Waals surface area contributed by atoms with E-state index >= 15 is 0 Å². The van der Waals surface area contributed by atoms with Crippen molar-refractivity contribution in [3.05, 3.63) is 54.2 Å². The third kappa shape index (κ3) is 3.12. The number of anilines is 2. The number of hydrogen-bond donors (Lipinski definition) is 2. The Hall–Kier alpha value is -2.60. The first-order valence-corrected chi connectivity index (χ1v) is 8.89. The number of nitrogens with zero attached hydrogens (tertiary/aromatic N) is 1. The summed E-state index contributed by atoms with van der Waals surface area (Å²) in [6.07, 6.45) is 2.83. The summed E-state index contributed by atoms with van der Waals surface area (Å²) in [5.41, 5.74) is 2.92. The van der Waals surface area contributed by atoms with Crippen LogP contribution in [0.5, 0.6) is 5.75 Å². The number of rotatable bonds is 3. The first-order chi connectivity index (χ1) is 10.8. The Balaban J connectivity index is 2.11. The van der Waals surface area contributed by atoms with E-state index in [0.29, 0.717) is 16.6 Å². The van der Waals surface area contributed by atoms with Gasteiger partial charge in [0.25, 0.3) is 0 Å². The molecule has 3 aromatic rings. The van der Waals surface area contributed by atoms with Gasteiger partial charge in [-0.3, -0.25) is 4.98 Å². The molecule has 2 N–H and O–H groups in total. The summed E-state index contributed by atoms with van der Waals surface area (Å²) in [7, 11) is -3.29. The SMILES string of the molecule is Cc1ccc(Nc2ccnc3ccc(S(C)(=O)=O)cc23)cc1O. The first-order valence-electron chi connectivity index (χ1n) is 7.00. The number of hydrogen-bond acceptors (Lipinski definition) is 5. The fourth-order valence-electron chi connectivity index (χ4n) is 2.31. The molecule has 118 valence electrons. The van der Waals surface area contributed by atoms with E-state index in [-0.39, 0.29) is 10.6 Å². The van der Waals surface area contributed by atoms with Crippen LogP contribution in [0.1, 0.15) is 5.56 Å². The van der Waals surface area contributed by atoms with Gasteiger partial charge in [0.15, 0.2) is 9.84 Å². The molecule has 0 saturated heterocycles. The quantitative estimate of drug-likeness (QED) is 0.770. The summed E-state index contributed by atoms with van der Waals surface area (Å²) in [6, 6.07) is 11.9. The second-order valence-electron chi connectivity index (χ2n) is 5.44. The highest BCUT2D eigenvalue weighted by atomic mass is 32.2. The van der Waals surface area contributed by atoms with Crippen molar-refractivity contribution in [3.8, 4) is 5.75 Å². The zero-order valence-electron chi connectivity index (χ0n) is 12.7. The summed E-state index contributed by atoms with van der Waals surface area (Å²) < 4.78 is 23.5. The zero-order valence-corrected chi connectivity index (χ0v) is 13.6. The number of aromatic nitrogens is 1. The van der Waals surface area contributed by atoms with E-state index in [1.165, 1.54) is 6.26 Å². The lowest BCUT2D eigenvalue weighted by Crippen LogP contribution is -1.98. The van der Waals surface area contributed by atoms with E-state index in [0.717, 1.165) is 11.3 Å². The van der Waals surface area contributed by atoms with Gasteiger partial charge in [0.1, 0.15) is 5.75 Å². The maximum Gasteiger partial charge on any atom is 0.175 e. The van der Waals surface area contributed by atoms with E-state index < -0.39 is 9.84 Å². The van der Waals surface area contributed by atoms with Crippen molar-refractivity contribution < 1.29 is 13.5 Å². The molecule has 0 aliphatic rings. The molecule has 0 aliphatic carbocycles. The minimum Gasteiger partial charge on any atom is -0.508 e. The van der Waals surface area contributed by atoms with Crippen molar-refractivity contribution >= 4 is 32.1 Å². The van der Waals surface area contributed by atoms with Gasteiger partial charge in [0.05, 0.1) is 10.4 Å². The van der Waals surface area contributed by atoms with Gasteiger partial charge in [-0.1, -0.05) is 6.07 Å². The molecule has 2 aromatic carbocycles. The molecule has 1 heterocycles. The van der Waals surface area contributed by atoms with Crippen molar-refractivity contribution in [1.82, 2.24) is 4.98 Å². The maximum absolute atomic E-state index is 11.8. The van der Waals surface area contributed by atoms with Crippen LogP contribution in [0.25, 0.3) is 10.9 Å². The van der Waals surface area contributed by atoms with Crippen LogP contribution in [0.3, 0.4) is 0 Å². The fourth-order valence-corrected chi connectivity index (χ4v) is 2.95. The molecule has 0 fully saturated rings. The van der Waals surface area contributed by atoms with Gasteiger partial charge in [-0.15, -0.1) is 0 Å². The average Bonchev–Trinajstić information content (AvgIpc) is 2.50. The van der Waals surface area contributed by atoms with Gasteiger partial charge in [-0.2, -0.15) is 0 Å². The lowest BCUT2D eigenvalue weighted by molar-refractivity contribution is 0.471. The molecule has 3 rings (SSSR count). The van der Waals surface area contributed by atoms with Gasteiger partial charge >= 0.3 is 0 Å². The number of benzene rings is 2. The molecule has 0 amide bonds. The molecule has 0 bridgehead atoms. The molecule has 0 radical (unpaired) electrons. The maximum atomic E-state index is 11.8. The lowest BCUT2D eigenvalue weighted by atomic mass is 10.1. The highest BCUT2D eigenvalue weighted by Gasteiger charge is 2.10.